The Labute approximate surface area is 143 Å². The Kier molecular flexibility index (Phi) is 7.66. The van der Waals surface area contributed by atoms with E-state index in [1.165, 1.54) is 32.1 Å². The highest BCUT2D eigenvalue weighted by Crippen LogP contribution is 2.30. The normalized spacial score (nSPS) is 21.0. The van der Waals surface area contributed by atoms with Crippen LogP contribution in [-0.4, -0.2) is 35.3 Å². The van der Waals surface area contributed by atoms with E-state index < -0.39 is 17.3 Å². The van der Waals surface area contributed by atoms with Crippen molar-refractivity contribution in [2.75, 3.05) is 11.9 Å². The van der Waals surface area contributed by atoms with Crippen LogP contribution < -0.4 is 5.32 Å². The second kappa shape index (κ2) is 8.53. The molecule has 1 amide bonds. The summed E-state index contributed by atoms with van der Waals surface area (Å²) in [5, 5.41) is 3.50. The zero-order valence-electron chi connectivity index (χ0n) is 14.7. The zero-order valence-corrected chi connectivity index (χ0v) is 16.3. The summed E-state index contributed by atoms with van der Waals surface area (Å²) < 4.78 is 11.6. The molecule has 2 atom stereocenters. The third-order valence-electron chi connectivity index (χ3n) is 4.07. The molecule has 1 fully saturated rings. The van der Waals surface area contributed by atoms with Gasteiger partial charge < -0.3 is 14.8 Å². The van der Waals surface area contributed by atoms with Gasteiger partial charge in [-0.2, -0.15) is 0 Å². The van der Waals surface area contributed by atoms with Gasteiger partial charge >= 0.3 is 6.09 Å². The zero-order chi connectivity index (χ0) is 16.8. The number of halogens is 1. The fourth-order valence-electron chi connectivity index (χ4n) is 2.84. The van der Waals surface area contributed by atoms with Crippen molar-refractivity contribution in [1.29, 1.82) is 0 Å². The summed E-state index contributed by atoms with van der Waals surface area (Å²) in [6.45, 7) is 10.2. The Balaban J connectivity index is 2.47. The van der Waals surface area contributed by atoms with E-state index in [0.717, 1.165) is 0 Å². The van der Waals surface area contributed by atoms with E-state index in [4.69, 9.17) is 9.47 Å². The molecular weight excluding hydrogens is 346 g/mol. The van der Waals surface area contributed by atoms with Gasteiger partial charge in [0, 0.05) is 5.33 Å². The SMILES string of the molecule is CC(OC(C)(CBr)CNC(=O)OC(C)(C)C)C1CCCCC1. The molecule has 5 heteroatoms. The predicted octanol–water partition coefficient (Wildman–Crippen LogP) is 4.65. The summed E-state index contributed by atoms with van der Waals surface area (Å²) in [5.74, 6) is 0.633. The number of nitrogens with one attached hydrogen (secondary N) is 1. The first-order chi connectivity index (χ1) is 10.2. The van der Waals surface area contributed by atoms with Gasteiger partial charge in [0.15, 0.2) is 0 Å². The maximum Gasteiger partial charge on any atom is 0.407 e. The molecule has 0 heterocycles. The molecule has 0 aromatic carbocycles. The average Bonchev–Trinajstić information content (AvgIpc) is 2.44. The summed E-state index contributed by atoms with van der Waals surface area (Å²) in [7, 11) is 0. The Bertz CT molecular complexity index is 350. The lowest BCUT2D eigenvalue weighted by molar-refractivity contribution is -0.0872. The van der Waals surface area contributed by atoms with Crippen molar-refractivity contribution < 1.29 is 14.3 Å². The monoisotopic (exact) mass is 377 g/mol. The van der Waals surface area contributed by atoms with Crippen LogP contribution in [0.5, 0.6) is 0 Å². The molecule has 1 N–H and O–H groups in total. The van der Waals surface area contributed by atoms with Crippen molar-refractivity contribution >= 4 is 22.0 Å². The van der Waals surface area contributed by atoms with Gasteiger partial charge in [-0.3, -0.25) is 0 Å². The van der Waals surface area contributed by atoms with Crippen LogP contribution in [0.3, 0.4) is 0 Å². The Hall–Kier alpha value is -0.290. The fraction of sp³-hybridized carbons (Fsp3) is 0.941. The van der Waals surface area contributed by atoms with E-state index in [9.17, 15) is 4.79 Å². The van der Waals surface area contributed by atoms with E-state index >= 15 is 0 Å². The minimum atomic E-state index is -0.481. The maximum atomic E-state index is 11.8. The van der Waals surface area contributed by atoms with Crippen LogP contribution in [0.4, 0.5) is 4.79 Å². The van der Waals surface area contributed by atoms with Crippen LogP contribution >= 0.6 is 15.9 Å². The van der Waals surface area contributed by atoms with Gasteiger partial charge in [0.05, 0.1) is 18.2 Å². The second-order valence-electron chi connectivity index (χ2n) is 7.66. The largest absolute Gasteiger partial charge is 0.444 e. The van der Waals surface area contributed by atoms with Crippen LogP contribution in [0.1, 0.15) is 66.7 Å². The van der Waals surface area contributed by atoms with Crippen LogP contribution in [0, 0.1) is 5.92 Å². The third kappa shape index (κ3) is 7.32. The number of amides is 1. The van der Waals surface area contributed by atoms with Gasteiger partial charge in [0.25, 0.3) is 0 Å². The molecule has 0 aromatic heterocycles. The minimum absolute atomic E-state index is 0.211. The van der Waals surface area contributed by atoms with Crippen molar-refractivity contribution in [3.8, 4) is 0 Å². The van der Waals surface area contributed by atoms with Crippen LogP contribution in [0.25, 0.3) is 0 Å². The highest BCUT2D eigenvalue weighted by atomic mass is 79.9. The standard InChI is InChI=1S/C17H32BrNO3/c1-13(14-9-7-6-8-10-14)21-17(5,11-18)12-19-15(20)22-16(2,3)4/h13-14H,6-12H2,1-5H3,(H,19,20). The Morgan fingerprint density at radius 2 is 1.82 bits per heavy atom. The summed E-state index contributed by atoms with van der Waals surface area (Å²) in [6, 6.07) is 0. The van der Waals surface area contributed by atoms with Gasteiger partial charge in [-0.25, -0.2) is 4.79 Å². The molecule has 0 aromatic rings. The van der Waals surface area contributed by atoms with Crippen molar-refractivity contribution in [3.05, 3.63) is 0 Å². The molecule has 0 bridgehead atoms. The number of carbonyl (C=O) groups is 1. The summed E-state index contributed by atoms with van der Waals surface area (Å²) in [6.07, 6.45) is 6.27. The molecule has 22 heavy (non-hydrogen) atoms. The number of carbonyl (C=O) groups excluding carboxylic acids is 1. The second-order valence-corrected chi connectivity index (χ2v) is 8.22. The number of alkyl halides is 1. The topological polar surface area (TPSA) is 47.6 Å². The Morgan fingerprint density at radius 1 is 1.23 bits per heavy atom. The molecule has 0 radical (unpaired) electrons. The smallest absolute Gasteiger partial charge is 0.407 e. The van der Waals surface area contributed by atoms with Crippen molar-refractivity contribution in [1.82, 2.24) is 5.32 Å². The maximum absolute atomic E-state index is 11.8. The van der Waals surface area contributed by atoms with Crippen molar-refractivity contribution in [2.24, 2.45) is 5.92 Å². The molecule has 2 unspecified atom stereocenters. The van der Waals surface area contributed by atoms with Gasteiger partial charge in [0.2, 0.25) is 0 Å². The molecule has 1 aliphatic rings. The first-order valence-electron chi connectivity index (χ1n) is 8.36. The van der Waals surface area contributed by atoms with E-state index in [-0.39, 0.29) is 6.10 Å². The predicted molar refractivity (Wildman–Crippen MR) is 93.6 cm³/mol. The third-order valence-corrected chi connectivity index (χ3v) is 5.26. The number of rotatable bonds is 6. The van der Waals surface area contributed by atoms with Gasteiger partial charge in [-0.1, -0.05) is 35.2 Å². The van der Waals surface area contributed by atoms with E-state index in [0.29, 0.717) is 17.8 Å². The number of ether oxygens (including phenoxy) is 2. The molecule has 1 saturated carbocycles. The number of alkyl carbamates (subject to hydrolysis) is 1. The first kappa shape index (κ1) is 19.8. The quantitative estimate of drug-likeness (QED) is 0.685. The van der Waals surface area contributed by atoms with Gasteiger partial charge in [-0.15, -0.1) is 0 Å². The van der Waals surface area contributed by atoms with Crippen LogP contribution in [0.2, 0.25) is 0 Å². The lowest BCUT2D eigenvalue weighted by Crippen LogP contribution is -2.48. The highest BCUT2D eigenvalue weighted by molar-refractivity contribution is 9.09. The van der Waals surface area contributed by atoms with E-state index in [1.54, 1.807) is 0 Å². The summed E-state index contributed by atoms with van der Waals surface area (Å²) >= 11 is 3.52. The molecule has 4 nitrogen and oxygen atoms in total. The lowest BCUT2D eigenvalue weighted by atomic mass is 9.85. The fourth-order valence-corrected chi connectivity index (χ4v) is 3.17. The van der Waals surface area contributed by atoms with E-state index in [1.807, 2.05) is 27.7 Å². The molecule has 0 aliphatic heterocycles. The molecule has 0 spiro atoms. The number of hydrogen-bond donors (Lipinski definition) is 1. The van der Waals surface area contributed by atoms with E-state index in [2.05, 4.69) is 28.2 Å². The number of hydrogen-bond acceptors (Lipinski definition) is 3. The van der Waals surface area contributed by atoms with Crippen molar-refractivity contribution in [3.63, 3.8) is 0 Å². The van der Waals surface area contributed by atoms with Gasteiger partial charge in [-0.05, 0) is 53.4 Å². The molecule has 1 aliphatic carbocycles. The minimum Gasteiger partial charge on any atom is -0.444 e. The van der Waals surface area contributed by atoms with Crippen LogP contribution in [0.15, 0.2) is 0 Å². The molecule has 1 rings (SSSR count). The summed E-state index contributed by atoms with van der Waals surface area (Å²) in [5.41, 5.74) is -0.904. The van der Waals surface area contributed by atoms with Crippen LogP contribution in [-0.2, 0) is 9.47 Å². The average molecular weight is 378 g/mol. The van der Waals surface area contributed by atoms with Gasteiger partial charge in [0.1, 0.15) is 5.60 Å². The summed E-state index contributed by atoms with van der Waals surface area (Å²) in [4.78, 5) is 11.8. The molecule has 0 saturated heterocycles. The van der Waals surface area contributed by atoms with Crippen molar-refractivity contribution in [2.45, 2.75) is 84.0 Å². The molecule has 130 valence electrons. The lowest BCUT2D eigenvalue weighted by Gasteiger charge is -2.36. The highest BCUT2D eigenvalue weighted by Gasteiger charge is 2.31. The first-order valence-corrected chi connectivity index (χ1v) is 9.48. The molecular formula is C17H32BrNO3. The Morgan fingerprint density at radius 3 is 2.32 bits per heavy atom.